The number of nitrogens with zero attached hydrogens (tertiary/aromatic N) is 3. The summed E-state index contributed by atoms with van der Waals surface area (Å²) < 4.78 is 15.6. The lowest BCUT2D eigenvalue weighted by atomic mass is 9.98. The van der Waals surface area contributed by atoms with Gasteiger partial charge < -0.3 is 19.7 Å². The van der Waals surface area contributed by atoms with E-state index in [0.29, 0.717) is 31.7 Å². The third-order valence-electron chi connectivity index (χ3n) is 6.03. The second-order valence-electron chi connectivity index (χ2n) is 8.51. The van der Waals surface area contributed by atoms with Gasteiger partial charge >= 0.3 is 6.03 Å². The third-order valence-corrected chi connectivity index (χ3v) is 6.32. The summed E-state index contributed by atoms with van der Waals surface area (Å²) in [7, 11) is 0. The minimum atomic E-state index is -0.558. The van der Waals surface area contributed by atoms with Crippen LogP contribution in [-0.2, 0) is 11.3 Å². The van der Waals surface area contributed by atoms with E-state index in [9.17, 15) is 14.0 Å². The monoisotopic (exact) mass is 482 g/mol. The van der Waals surface area contributed by atoms with Crippen molar-refractivity contribution >= 4 is 29.2 Å². The number of halogens is 2. The molecule has 0 unspecified atom stereocenters. The molecular formula is C26H28ClFN4O2. The van der Waals surface area contributed by atoms with Crippen LogP contribution in [0.15, 0.2) is 60.8 Å². The number of anilines is 1. The van der Waals surface area contributed by atoms with Gasteiger partial charge in [0.25, 0.3) is 0 Å². The van der Waals surface area contributed by atoms with E-state index in [4.69, 9.17) is 11.6 Å². The first-order chi connectivity index (χ1) is 16.4. The summed E-state index contributed by atoms with van der Waals surface area (Å²) in [4.78, 5) is 29.8. The van der Waals surface area contributed by atoms with Gasteiger partial charge in [0.1, 0.15) is 12.4 Å². The molecule has 1 aromatic heterocycles. The van der Waals surface area contributed by atoms with Crippen LogP contribution < -0.4 is 5.32 Å². The molecule has 3 amide bonds. The molecule has 34 heavy (non-hydrogen) atoms. The molecule has 4 rings (SSSR count). The van der Waals surface area contributed by atoms with Crippen molar-refractivity contribution in [2.45, 2.75) is 32.9 Å². The van der Waals surface area contributed by atoms with Crippen molar-refractivity contribution in [2.24, 2.45) is 0 Å². The number of aromatic nitrogens is 1. The zero-order valence-electron chi connectivity index (χ0n) is 19.3. The Morgan fingerprint density at radius 3 is 2.62 bits per heavy atom. The van der Waals surface area contributed by atoms with E-state index >= 15 is 0 Å². The minimum absolute atomic E-state index is 0.0579. The zero-order valence-corrected chi connectivity index (χ0v) is 20.1. The van der Waals surface area contributed by atoms with E-state index in [1.807, 2.05) is 49.2 Å². The summed E-state index contributed by atoms with van der Waals surface area (Å²) >= 11 is 5.84. The van der Waals surface area contributed by atoms with Crippen LogP contribution in [0, 0.1) is 12.7 Å². The fourth-order valence-electron chi connectivity index (χ4n) is 4.30. The molecule has 8 heteroatoms. The number of hydrogen-bond donors (Lipinski definition) is 1. The number of carbonyl (C=O) groups is 2. The van der Waals surface area contributed by atoms with Crippen LogP contribution in [0.5, 0.6) is 0 Å². The van der Waals surface area contributed by atoms with Gasteiger partial charge in [-0.1, -0.05) is 48.4 Å². The predicted octanol–water partition coefficient (Wildman–Crippen LogP) is 5.46. The molecule has 3 aromatic rings. The molecule has 0 saturated carbocycles. The zero-order chi connectivity index (χ0) is 24.2. The van der Waals surface area contributed by atoms with Crippen molar-refractivity contribution in [1.29, 1.82) is 0 Å². The number of fused-ring (bicyclic) bond motifs is 1. The lowest BCUT2D eigenvalue weighted by Crippen LogP contribution is -2.48. The second kappa shape index (κ2) is 10.3. The molecule has 1 atom stereocenters. The second-order valence-corrected chi connectivity index (χ2v) is 8.91. The fourth-order valence-corrected chi connectivity index (χ4v) is 4.48. The van der Waals surface area contributed by atoms with Crippen molar-refractivity contribution in [3.63, 3.8) is 0 Å². The van der Waals surface area contributed by atoms with Gasteiger partial charge in [-0.3, -0.25) is 4.79 Å². The Balaban J connectivity index is 1.54. The van der Waals surface area contributed by atoms with E-state index in [0.717, 1.165) is 16.8 Å². The van der Waals surface area contributed by atoms with E-state index in [1.165, 1.54) is 23.1 Å². The number of urea groups is 1. The molecular weight excluding hydrogens is 455 g/mol. The quantitative estimate of drug-likeness (QED) is 0.507. The topological polar surface area (TPSA) is 57.6 Å². The lowest BCUT2D eigenvalue weighted by Gasteiger charge is -2.38. The summed E-state index contributed by atoms with van der Waals surface area (Å²) in [6.07, 6.45) is 2.72. The van der Waals surface area contributed by atoms with E-state index < -0.39 is 11.8 Å². The van der Waals surface area contributed by atoms with Gasteiger partial charge in [0, 0.05) is 37.2 Å². The maximum Gasteiger partial charge on any atom is 0.322 e. The average Bonchev–Trinajstić information content (AvgIpc) is 3.30. The Kier molecular flexibility index (Phi) is 7.22. The molecule has 2 aromatic carbocycles. The van der Waals surface area contributed by atoms with Gasteiger partial charge in [0.15, 0.2) is 0 Å². The molecule has 0 radical (unpaired) electrons. The predicted molar refractivity (Wildman–Crippen MR) is 131 cm³/mol. The first-order valence-electron chi connectivity index (χ1n) is 11.4. The first kappa shape index (κ1) is 23.8. The maximum atomic E-state index is 13.5. The van der Waals surface area contributed by atoms with Crippen LogP contribution in [0.3, 0.4) is 0 Å². The highest BCUT2D eigenvalue weighted by molar-refractivity contribution is 6.31. The molecule has 0 spiro atoms. The summed E-state index contributed by atoms with van der Waals surface area (Å²) in [6, 6.07) is 15.6. The van der Waals surface area contributed by atoms with Gasteiger partial charge in [0.05, 0.1) is 11.1 Å². The van der Waals surface area contributed by atoms with Gasteiger partial charge in [-0.2, -0.15) is 0 Å². The number of aryl methyl sites for hydroxylation is 1. The minimum Gasteiger partial charge on any atom is -0.348 e. The Morgan fingerprint density at radius 2 is 1.91 bits per heavy atom. The van der Waals surface area contributed by atoms with Crippen molar-refractivity contribution in [3.8, 4) is 0 Å². The maximum absolute atomic E-state index is 13.5. The molecule has 0 bridgehead atoms. The summed E-state index contributed by atoms with van der Waals surface area (Å²) in [5, 5.41) is 2.65. The van der Waals surface area contributed by atoms with Crippen molar-refractivity contribution in [1.82, 2.24) is 14.4 Å². The first-order valence-corrected chi connectivity index (χ1v) is 11.8. The van der Waals surface area contributed by atoms with Crippen LogP contribution in [-0.4, -0.2) is 45.9 Å². The Hall–Kier alpha value is -3.32. The standard InChI is InChI=1S/C26H28ClFN4O2/c1-3-12-31(26(34)29-20-10-11-22(28)21(27)16-20)17-24(33)32-15-14-30-13-4-5-23(30)25(32)19-8-6-18(2)7-9-19/h4-11,13,16,25H,3,12,14-15,17H2,1-2H3,(H,29,34)/t25-/m1/s1. The third kappa shape index (κ3) is 5.09. The van der Waals surface area contributed by atoms with Crippen LogP contribution in [0.1, 0.15) is 36.2 Å². The molecule has 1 N–H and O–H groups in total. The average molecular weight is 483 g/mol. The highest BCUT2D eigenvalue weighted by atomic mass is 35.5. The number of rotatable bonds is 6. The molecule has 1 aliphatic heterocycles. The highest BCUT2D eigenvalue weighted by Crippen LogP contribution is 2.32. The molecule has 0 saturated heterocycles. The van der Waals surface area contributed by atoms with Crippen molar-refractivity contribution in [2.75, 3.05) is 25.0 Å². The van der Waals surface area contributed by atoms with Crippen LogP contribution in [0.25, 0.3) is 0 Å². The smallest absolute Gasteiger partial charge is 0.322 e. The number of carbonyl (C=O) groups excluding carboxylic acids is 2. The Labute approximate surface area is 203 Å². The van der Waals surface area contributed by atoms with Gasteiger partial charge in [-0.25, -0.2) is 9.18 Å². The summed E-state index contributed by atoms with van der Waals surface area (Å²) in [6.45, 7) is 5.58. The number of nitrogens with one attached hydrogen (secondary N) is 1. The summed E-state index contributed by atoms with van der Waals surface area (Å²) in [5.41, 5.74) is 3.61. The molecule has 0 aliphatic carbocycles. The SMILES string of the molecule is CCCN(CC(=O)N1CCn2cccc2[C@H]1c1ccc(C)cc1)C(=O)Nc1ccc(F)c(Cl)c1. The van der Waals surface area contributed by atoms with Crippen LogP contribution in [0.4, 0.5) is 14.9 Å². The molecule has 0 fully saturated rings. The highest BCUT2D eigenvalue weighted by Gasteiger charge is 2.33. The lowest BCUT2D eigenvalue weighted by molar-refractivity contribution is -0.134. The van der Waals surface area contributed by atoms with Crippen molar-refractivity contribution in [3.05, 3.63) is 88.5 Å². The van der Waals surface area contributed by atoms with E-state index in [-0.39, 0.29) is 23.5 Å². The molecule has 2 heterocycles. The van der Waals surface area contributed by atoms with Crippen LogP contribution >= 0.6 is 11.6 Å². The van der Waals surface area contributed by atoms with E-state index in [1.54, 1.807) is 0 Å². The van der Waals surface area contributed by atoms with Crippen molar-refractivity contribution < 1.29 is 14.0 Å². The van der Waals surface area contributed by atoms with Gasteiger partial charge in [0.2, 0.25) is 5.91 Å². The van der Waals surface area contributed by atoms with E-state index in [2.05, 4.69) is 22.0 Å². The van der Waals surface area contributed by atoms with Gasteiger partial charge in [-0.05, 0) is 49.2 Å². The Bertz CT molecular complexity index is 1180. The van der Waals surface area contributed by atoms with Crippen LogP contribution in [0.2, 0.25) is 5.02 Å². The largest absolute Gasteiger partial charge is 0.348 e. The number of amides is 3. The fraction of sp³-hybridized carbons (Fsp3) is 0.308. The number of hydrogen-bond acceptors (Lipinski definition) is 2. The number of benzene rings is 2. The molecule has 178 valence electrons. The molecule has 6 nitrogen and oxygen atoms in total. The normalized spacial score (nSPS) is 15.1. The van der Waals surface area contributed by atoms with Gasteiger partial charge in [-0.15, -0.1) is 0 Å². The summed E-state index contributed by atoms with van der Waals surface area (Å²) in [5.74, 6) is -0.684. The Morgan fingerprint density at radius 1 is 1.15 bits per heavy atom. The molecule has 1 aliphatic rings.